The Bertz CT molecular complexity index is 687. The largest absolute Gasteiger partial charge is 0.481 e. The molecule has 2 aliphatic rings. The van der Waals surface area contributed by atoms with E-state index in [-0.39, 0.29) is 24.2 Å². The van der Waals surface area contributed by atoms with E-state index >= 15 is 0 Å². The highest BCUT2D eigenvalue weighted by Crippen LogP contribution is 2.34. The van der Waals surface area contributed by atoms with Crippen molar-refractivity contribution in [1.29, 1.82) is 0 Å². The van der Waals surface area contributed by atoms with E-state index < -0.39 is 11.7 Å². The number of anilines is 1. The number of piperidine rings is 2. The molecule has 2 saturated heterocycles. The summed E-state index contributed by atoms with van der Waals surface area (Å²) in [6.45, 7) is 5.55. The van der Waals surface area contributed by atoms with Crippen LogP contribution >= 0.6 is 0 Å². The summed E-state index contributed by atoms with van der Waals surface area (Å²) in [5.74, 6) is 0.504. The zero-order chi connectivity index (χ0) is 20.3. The lowest BCUT2D eigenvalue weighted by Crippen LogP contribution is -2.60. The van der Waals surface area contributed by atoms with Crippen LogP contribution in [-0.2, 0) is 4.74 Å². The second kappa shape index (κ2) is 8.24. The van der Waals surface area contributed by atoms with Gasteiger partial charge in [0.05, 0.1) is 19.0 Å². The molecular formula is C20H30N4O4. The molecule has 2 N–H and O–H groups in total. The number of pyridine rings is 1. The van der Waals surface area contributed by atoms with E-state index in [1.807, 2.05) is 25.7 Å². The second-order valence-electron chi connectivity index (χ2n) is 8.48. The molecule has 8 heteroatoms. The Hall–Kier alpha value is -2.51. The van der Waals surface area contributed by atoms with Gasteiger partial charge in [-0.15, -0.1) is 0 Å². The molecule has 2 atom stereocenters. The molecule has 2 fully saturated rings. The van der Waals surface area contributed by atoms with E-state index in [0.29, 0.717) is 11.6 Å². The first kappa shape index (κ1) is 20.2. The maximum atomic E-state index is 12.9. The van der Waals surface area contributed by atoms with Crippen molar-refractivity contribution in [3.8, 4) is 5.88 Å². The molecule has 0 spiro atoms. The van der Waals surface area contributed by atoms with E-state index in [1.54, 1.807) is 25.4 Å². The minimum absolute atomic E-state index is 0.0249. The SMILES string of the molecule is COc1ccc(NC(=O)N2C3CCCC2CC(NC(=O)OC(C)(C)C)C3)cn1. The molecule has 0 aliphatic carbocycles. The highest BCUT2D eigenvalue weighted by atomic mass is 16.6. The van der Waals surface area contributed by atoms with Gasteiger partial charge in [0.15, 0.2) is 0 Å². The van der Waals surface area contributed by atoms with E-state index in [2.05, 4.69) is 15.6 Å². The summed E-state index contributed by atoms with van der Waals surface area (Å²) in [6, 6.07) is 3.62. The Balaban J connectivity index is 1.61. The Morgan fingerprint density at radius 2 is 1.86 bits per heavy atom. The van der Waals surface area contributed by atoms with Crippen LogP contribution in [0.25, 0.3) is 0 Å². The van der Waals surface area contributed by atoms with Crippen molar-refractivity contribution in [3.63, 3.8) is 0 Å². The zero-order valence-electron chi connectivity index (χ0n) is 17.0. The van der Waals surface area contributed by atoms with E-state index in [0.717, 1.165) is 32.1 Å². The molecule has 1 aromatic rings. The van der Waals surface area contributed by atoms with Crippen LogP contribution in [0.2, 0.25) is 0 Å². The first-order valence-electron chi connectivity index (χ1n) is 9.84. The summed E-state index contributed by atoms with van der Waals surface area (Å²) in [4.78, 5) is 31.1. The standard InChI is InChI=1S/C20H30N4O4/c1-20(2,3)28-19(26)23-14-10-15-6-5-7-16(11-14)24(15)18(25)22-13-8-9-17(27-4)21-12-13/h8-9,12,14-16H,5-7,10-11H2,1-4H3,(H,22,25)(H,23,26). The minimum Gasteiger partial charge on any atom is -0.481 e. The van der Waals surface area contributed by atoms with Gasteiger partial charge < -0.3 is 25.0 Å². The summed E-state index contributed by atoms with van der Waals surface area (Å²) >= 11 is 0. The van der Waals surface area contributed by atoms with Gasteiger partial charge in [-0.2, -0.15) is 0 Å². The summed E-state index contributed by atoms with van der Waals surface area (Å²) in [6.07, 6.45) is 5.66. The van der Waals surface area contributed by atoms with Gasteiger partial charge in [0, 0.05) is 24.2 Å². The number of methoxy groups -OCH3 is 1. The first-order valence-corrected chi connectivity index (χ1v) is 9.84. The number of aromatic nitrogens is 1. The van der Waals surface area contributed by atoms with E-state index in [9.17, 15) is 9.59 Å². The molecule has 2 unspecified atom stereocenters. The predicted molar refractivity (Wildman–Crippen MR) is 105 cm³/mol. The molecule has 3 amide bonds. The van der Waals surface area contributed by atoms with E-state index in [1.165, 1.54) is 0 Å². The van der Waals surface area contributed by atoms with Crippen LogP contribution < -0.4 is 15.4 Å². The smallest absolute Gasteiger partial charge is 0.407 e. The normalized spacial score (nSPS) is 24.3. The molecule has 3 heterocycles. The maximum absolute atomic E-state index is 12.9. The van der Waals surface area contributed by atoms with Crippen molar-refractivity contribution in [2.75, 3.05) is 12.4 Å². The fourth-order valence-electron chi connectivity index (χ4n) is 4.07. The summed E-state index contributed by atoms with van der Waals surface area (Å²) in [5.41, 5.74) is 0.116. The number of amides is 3. The molecular weight excluding hydrogens is 360 g/mol. The van der Waals surface area contributed by atoms with Gasteiger partial charge in [0.25, 0.3) is 0 Å². The van der Waals surface area contributed by atoms with Crippen LogP contribution in [-0.4, -0.2) is 52.8 Å². The molecule has 0 aromatic carbocycles. The molecule has 2 bridgehead atoms. The van der Waals surface area contributed by atoms with Crippen LogP contribution in [0, 0.1) is 0 Å². The van der Waals surface area contributed by atoms with Crippen LogP contribution in [0.4, 0.5) is 15.3 Å². The van der Waals surface area contributed by atoms with Crippen molar-refractivity contribution in [3.05, 3.63) is 18.3 Å². The maximum Gasteiger partial charge on any atom is 0.407 e. The number of urea groups is 1. The lowest BCUT2D eigenvalue weighted by molar-refractivity contribution is 0.0357. The molecule has 8 nitrogen and oxygen atoms in total. The minimum atomic E-state index is -0.521. The number of carbonyl (C=O) groups is 2. The summed E-state index contributed by atoms with van der Waals surface area (Å²) < 4.78 is 10.4. The van der Waals surface area contributed by atoms with Gasteiger partial charge in [-0.05, 0) is 58.9 Å². The number of fused-ring (bicyclic) bond motifs is 2. The lowest BCUT2D eigenvalue weighted by Gasteiger charge is -2.48. The number of alkyl carbamates (subject to hydrolysis) is 1. The van der Waals surface area contributed by atoms with Crippen LogP contribution in [0.3, 0.4) is 0 Å². The van der Waals surface area contributed by atoms with Crippen molar-refractivity contribution in [2.24, 2.45) is 0 Å². The van der Waals surface area contributed by atoms with Gasteiger partial charge >= 0.3 is 12.1 Å². The number of nitrogens with one attached hydrogen (secondary N) is 2. The summed E-state index contributed by atoms with van der Waals surface area (Å²) in [5, 5.41) is 5.92. The number of rotatable bonds is 3. The average Bonchev–Trinajstić information content (AvgIpc) is 2.59. The van der Waals surface area contributed by atoms with Crippen molar-refractivity contribution < 1.29 is 19.1 Å². The fraction of sp³-hybridized carbons (Fsp3) is 0.650. The molecule has 2 aliphatic heterocycles. The predicted octanol–water partition coefficient (Wildman–Crippen LogP) is 3.53. The highest BCUT2D eigenvalue weighted by Gasteiger charge is 2.41. The van der Waals surface area contributed by atoms with Crippen LogP contribution in [0.5, 0.6) is 5.88 Å². The average molecular weight is 390 g/mol. The molecule has 1 aromatic heterocycles. The first-order chi connectivity index (χ1) is 13.2. The van der Waals surface area contributed by atoms with Gasteiger partial charge in [-0.3, -0.25) is 0 Å². The Labute approximate surface area is 166 Å². The van der Waals surface area contributed by atoms with Crippen molar-refractivity contribution in [2.45, 2.75) is 76.6 Å². The Morgan fingerprint density at radius 1 is 1.18 bits per heavy atom. The van der Waals surface area contributed by atoms with Gasteiger partial charge in [0.1, 0.15) is 5.60 Å². The van der Waals surface area contributed by atoms with Gasteiger partial charge in [-0.25, -0.2) is 14.6 Å². The lowest BCUT2D eigenvalue weighted by atomic mass is 9.82. The van der Waals surface area contributed by atoms with E-state index in [4.69, 9.17) is 9.47 Å². The monoisotopic (exact) mass is 390 g/mol. The number of carbonyl (C=O) groups excluding carboxylic acids is 2. The van der Waals surface area contributed by atoms with Gasteiger partial charge in [0.2, 0.25) is 5.88 Å². The number of nitrogens with zero attached hydrogens (tertiary/aromatic N) is 2. The second-order valence-corrected chi connectivity index (χ2v) is 8.48. The topological polar surface area (TPSA) is 92.8 Å². The third-order valence-electron chi connectivity index (χ3n) is 5.13. The number of hydrogen-bond donors (Lipinski definition) is 2. The molecule has 28 heavy (non-hydrogen) atoms. The molecule has 154 valence electrons. The third kappa shape index (κ3) is 5.05. The Morgan fingerprint density at radius 3 is 2.39 bits per heavy atom. The number of ether oxygens (including phenoxy) is 2. The van der Waals surface area contributed by atoms with Crippen molar-refractivity contribution in [1.82, 2.24) is 15.2 Å². The quantitative estimate of drug-likeness (QED) is 0.824. The molecule has 3 rings (SSSR count). The summed E-state index contributed by atoms with van der Waals surface area (Å²) in [7, 11) is 1.55. The zero-order valence-corrected chi connectivity index (χ0v) is 17.0. The van der Waals surface area contributed by atoms with Gasteiger partial charge in [-0.1, -0.05) is 0 Å². The molecule has 0 radical (unpaired) electrons. The van der Waals surface area contributed by atoms with Crippen LogP contribution in [0.1, 0.15) is 52.9 Å². The highest BCUT2D eigenvalue weighted by molar-refractivity contribution is 5.89. The van der Waals surface area contributed by atoms with Crippen LogP contribution in [0.15, 0.2) is 18.3 Å². The third-order valence-corrected chi connectivity index (χ3v) is 5.13. The fourth-order valence-corrected chi connectivity index (χ4v) is 4.07. The Kier molecular flexibility index (Phi) is 5.96. The molecule has 0 saturated carbocycles. The number of hydrogen-bond acceptors (Lipinski definition) is 5. The van der Waals surface area contributed by atoms with Crippen molar-refractivity contribution >= 4 is 17.8 Å².